The van der Waals surface area contributed by atoms with E-state index in [2.05, 4.69) is 5.32 Å². The molecule has 0 heterocycles. The fraction of sp³-hybridized carbons (Fsp3) is 0.381. The van der Waals surface area contributed by atoms with Crippen LogP contribution in [-0.4, -0.2) is 20.1 Å². The molecular formula is C21H27ClN2O3. The Morgan fingerprint density at radius 2 is 1.93 bits per heavy atom. The first-order valence-electron chi connectivity index (χ1n) is 8.99. The van der Waals surface area contributed by atoms with Crippen LogP contribution in [0.3, 0.4) is 0 Å². The van der Waals surface area contributed by atoms with Gasteiger partial charge >= 0.3 is 0 Å². The van der Waals surface area contributed by atoms with Crippen molar-refractivity contribution < 1.29 is 14.3 Å². The van der Waals surface area contributed by atoms with E-state index in [-0.39, 0.29) is 24.4 Å². The van der Waals surface area contributed by atoms with Crippen LogP contribution in [0.5, 0.6) is 11.5 Å². The Labute approximate surface area is 166 Å². The molecular weight excluding hydrogens is 364 g/mol. The highest BCUT2D eigenvalue weighted by Gasteiger charge is 2.21. The number of amides is 1. The van der Waals surface area contributed by atoms with Crippen LogP contribution in [0.25, 0.3) is 0 Å². The molecule has 3 N–H and O–H groups in total. The van der Waals surface area contributed by atoms with Crippen LogP contribution >= 0.6 is 12.4 Å². The zero-order valence-electron chi connectivity index (χ0n) is 15.8. The molecule has 1 unspecified atom stereocenters. The Hall–Kier alpha value is -2.40. The fourth-order valence-electron chi connectivity index (χ4n) is 3.54. The number of nitrogen functional groups attached to an aromatic ring is 1. The van der Waals surface area contributed by atoms with E-state index in [4.69, 9.17) is 15.2 Å². The molecule has 27 heavy (non-hydrogen) atoms. The Bertz CT molecular complexity index is 795. The summed E-state index contributed by atoms with van der Waals surface area (Å²) in [5.41, 5.74) is 10.2. The maximum atomic E-state index is 12.4. The largest absolute Gasteiger partial charge is 0.493 e. The predicted molar refractivity (Wildman–Crippen MR) is 110 cm³/mol. The lowest BCUT2D eigenvalue weighted by molar-refractivity contribution is -0.121. The summed E-state index contributed by atoms with van der Waals surface area (Å²) in [7, 11) is 3.22. The summed E-state index contributed by atoms with van der Waals surface area (Å²) < 4.78 is 10.6. The molecule has 0 aliphatic heterocycles. The van der Waals surface area contributed by atoms with Gasteiger partial charge in [0, 0.05) is 12.1 Å². The molecule has 0 aromatic heterocycles. The number of rotatable bonds is 6. The quantitative estimate of drug-likeness (QED) is 0.735. The average molecular weight is 391 g/mol. The van der Waals surface area contributed by atoms with E-state index < -0.39 is 0 Å². The lowest BCUT2D eigenvalue weighted by Gasteiger charge is -2.26. The van der Waals surface area contributed by atoms with Crippen molar-refractivity contribution in [1.82, 2.24) is 5.32 Å². The van der Waals surface area contributed by atoms with Crippen LogP contribution < -0.4 is 20.5 Å². The van der Waals surface area contributed by atoms with Crippen molar-refractivity contribution in [3.05, 3.63) is 53.1 Å². The first kappa shape index (κ1) is 20.9. The van der Waals surface area contributed by atoms with Crippen LogP contribution in [0.2, 0.25) is 0 Å². The van der Waals surface area contributed by atoms with Gasteiger partial charge in [0.2, 0.25) is 5.91 Å². The van der Waals surface area contributed by atoms with Gasteiger partial charge < -0.3 is 20.5 Å². The maximum Gasteiger partial charge on any atom is 0.220 e. The smallest absolute Gasteiger partial charge is 0.220 e. The number of hydrogen-bond donors (Lipinski definition) is 2. The fourth-order valence-corrected chi connectivity index (χ4v) is 3.54. The first-order valence-corrected chi connectivity index (χ1v) is 8.99. The SMILES string of the molecule is COc1ccc(CCC(=O)NC2CCCc3cc(N)ccc32)cc1OC.Cl. The van der Waals surface area contributed by atoms with Gasteiger partial charge in [-0.25, -0.2) is 0 Å². The van der Waals surface area contributed by atoms with E-state index in [1.54, 1.807) is 14.2 Å². The highest BCUT2D eigenvalue weighted by atomic mass is 35.5. The molecule has 1 amide bonds. The third-order valence-electron chi connectivity index (χ3n) is 4.91. The molecule has 5 nitrogen and oxygen atoms in total. The number of nitrogens with two attached hydrogens (primary N) is 1. The average Bonchev–Trinajstić information content (AvgIpc) is 2.66. The number of nitrogens with one attached hydrogen (secondary N) is 1. The van der Waals surface area contributed by atoms with Crippen molar-refractivity contribution in [3.63, 3.8) is 0 Å². The second kappa shape index (κ2) is 9.51. The molecule has 3 rings (SSSR count). The summed E-state index contributed by atoms with van der Waals surface area (Å²) in [6, 6.07) is 11.8. The number of anilines is 1. The lowest BCUT2D eigenvalue weighted by atomic mass is 9.87. The second-order valence-electron chi connectivity index (χ2n) is 6.66. The summed E-state index contributed by atoms with van der Waals surface area (Å²) in [6.45, 7) is 0. The van der Waals surface area contributed by atoms with Gasteiger partial charge in [-0.15, -0.1) is 12.4 Å². The maximum absolute atomic E-state index is 12.4. The normalized spacial score (nSPS) is 15.3. The third-order valence-corrected chi connectivity index (χ3v) is 4.91. The van der Waals surface area contributed by atoms with Crippen LogP contribution in [0.1, 0.15) is 42.0 Å². The number of benzene rings is 2. The number of carbonyl (C=O) groups excluding carboxylic acids is 1. The molecule has 2 aromatic carbocycles. The summed E-state index contributed by atoms with van der Waals surface area (Å²) in [6.07, 6.45) is 4.16. The molecule has 6 heteroatoms. The van der Waals surface area contributed by atoms with E-state index in [1.807, 2.05) is 36.4 Å². The Balaban J connectivity index is 0.00000261. The number of ether oxygens (including phenoxy) is 2. The molecule has 1 atom stereocenters. The van der Waals surface area contributed by atoms with Crippen LogP contribution in [0.15, 0.2) is 36.4 Å². The van der Waals surface area contributed by atoms with Crippen LogP contribution in [0, 0.1) is 0 Å². The van der Waals surface area contributed by atoms with Crippen molar-refractivity contribution in [1.29, 1.82) is 0 Å². The van der Waals surface area contributed by atoms with Gasteiger partial charge in [0.25, 0.3) is 0 Å². The van der Waals surface area contributed by atoms with Crippen molar-refractivity contribution >= 4 is 24.0 Å². The van der Waals surface area contributed by atoms with Gasteiger partial charge in [-0.3, -0.25) is 4.79 Å². The number of hydrogen-bond acceptors (Lipinski definition) is 4. The van der Waals surface area contributed by atoms with Crippen molar-refractivity contribution in [2.24, 2.45) is 0 Å². The molecule has 0 saturated heterocycles. The van der Waals surface area contributed by atoms with Gasteiger partial charge in [0.05, 0.1) is 20.3 Å². The second-order valence-corrected chi connectivity index (χ2v) is 6.66. The molecule has 0 fully saturated rings. The Kier molecular flexibility index (Phi) is 7.36. The van der Waals surface area contributed by atoms with Gasteiger partial charge in [-0.1, -0.05) is 12.1 Å². The van der Waals surface area contributed by atoms with Crippen LogP contribution in [-0.2, 0) is 17.6 Å². The number of carbonyl (C=O) groups is 1. The molecule has 1 aliphatic rings. The van der Waals surface area contributed by atoms with Gasteiger partial charge in [-0.05, 0) is 66.6 Å². The summed E-state index contributed by atoms with van der Waals surface area (Å²) in [4.78, 5) is 12.4. The van der Waals surface area contributed by atoms with E-state index in [0.717, 1.165) is 30.5 Å². The van der Waals surface area contributed by atoms with Gasteiger partial charge in [-0.2, -0.15) is 0 Å². The number of fused-ring (bicyclic) bond motifs is 1. The van der Waals surface area contributed by atoms with Gasteiger partial charge in [0.15, 0.2) is 11.5 Å². The van der Waals surface area contributed by atoms with Crippen LogP contribution in [0.4, 0.5) is 5.69 Å². The minimum Gasteiger partial charge on any atom is -0.493 e. The van der Waals surface area contributed by atoms with Crippen molar-refractivity contribution in [3.8, 4) is 11.5 Å². The Morgan fingerprint density at radius 1 is 1.15 bits per heavy atom. The number of halogens is 1. The third kappa shape index (κ3) is 5.07. The van der Waals surface area contributed by atoms with E-state index in [0.29, 0.717) is 24.3 Å². The summed E-state index contributed by atoms with van der Waals surface area (Å²) >= 11 is 0. The molecule has 2 aromatic rings. The Morgan fingerprint density at radius 3 is 2.67 bits per heavy atom. The molecule has 0 radical (unpaired) electrons. The minimum absolute atomic E-state index is 0. The summed E-state index contributed by atoms with van der Waals surface area (Å²) in [5.74, 6) is 1.44. The van der Waals surface area contributed by atoms with E-state index >= 15 is 0 Å². The standard InChI is InChI=1S/C21H26N2O3.ClH/c1-25-19-10-6-14(12-20(19)26-2)7-11-21(24)23-18-5-3-4-15-13-16(22)8-9-17(15)18;/h6,8-10,12-13,18H,3-5,7,11,22H2,1-2H3,(H,23,24);1H. The first-order chi connectivity index (χ1) is 12.6. The highest BCUT2D eigenvalue weighted by molar-refractivity contribution is 5.85. The lowest BCUT2D eigenvalue weighted by Crippen LogP contribution is -2.31. The van der Waals surface area contributed by atoms with E-state index in [9.17, 15) is 4.79 Å². The number of methoxy groups -OCH3 is 2. The zero-order chi connectivity index (χ0) is 18.5. The summed E-state index contributed by atoms with van der Waals surface area (Å²) in [5, 5.41) is 3.18. The minimum atomic E-state index is 0. The zero-order valence-corrected chi connectivity index (χ0v) is 16.6. The predicted octanol–water partition coefficient (Wildman–Crippen LogP) is 3.83. The van der Waals surface area contributed by atoms with E-state index in [1.165, 1.54) is 11.1 Å². The number of aryl methyl sites for hydroxylation is 2. The monoisotopic (exact) mass is 390 g/mol. The molecule has 0 bridgehead atoms. The molecule has 0 saturated carbocycles. The van der Waals surface area contributed by atoms with Crippen molar-refractivity contribution in [2.75, 3.05) is 20.0 Å². The van der Waals surface area contributed by atoms with Crippen molar-refractivity contribution in [2.45, 2.75) is 38.1 Å². The van der Waals surface area contributed by atoms with Gasteiger partial charge in [0.1, 0.15) is 0 Å². The topological polar surface area (TPSA) is 73.6 Å². The molecule has 1 aliphatic carbocycles. The highest BCUT2D eigenvalue weighted by Crippen LogP contribution is 2.31. The molecule has 146 valence electrons. The molecule has 0 spiro atoms.